The van der Waals surface area contributed by atoms with Crippen LogP contribution in [0.2, 0.25) is 0 Å². The maximum absolute atomic E-state index is 13.6. The fourth-order valence-electron chi connectivity index (χ4n) is 4.20. The molecular formula is C31H26F3N3O2. The van der Waals surface area contributed by atoms with Crippen LogP contribution >= 0.6 is 0 Å². The van der Waals surface area contributed by atoms with Crippen LogP contribution < -0.4 is 10.3 Å². The largest absolute Gasteiger partial charge is 0.492 e. The average molecular weight is 530 g/mol. The Hall–Kier alpha value is -4.46. The summed E-state index contributed by atoms with van der Waals surface area (Å²) in [4.78, 5) is 18.1. The Morgan fingerprint density at radius 1 is 0.897 bits per heavy atom. The van der Waals surface area contributed by atoms with E-state index in [9.17, 15) is 18.0 Å². The molecule has 0 radical (unpaired) electrons. The molecule has 0 amide bonds. The lowest BCUT2D eigenvalue weighted by atomic mass is 9.98. The van der Waals surface area contributed by atoms with Gasteiger partial charge in [-0.15, -0.1) is 0 Å². The van der Waals surface area contributed by atoms with Gasteiger partial charge in [0.25, 0.3) is 5.56 Å². The summed E-state index contributed by atoms with van der Waals surface area (Å²) >= 11 is 0. The van der Waals surface area contributed by atoms with Crippen molar-refractivity contribution in [3.05, 3.63) is 106 Å². The van der Waals surface area contributed by atoms with E-state index < -0.39 is 17.3 Å². The molecule has 0 bridgehead atoms. The number of nitrogens with zero attached hydrogens (tertiary/aromatic N) is 3. The molecule has 1 heterocycles. The van der Waals surface area contributed by atoms with Crippen LogP contribution in [0, 0.1) is 5.41 Å². The van der Waals surface area contributed by atoms with E-state index in [0.717, 1.165) is 27.6 Å². The average Bonchev–Trinajstić information content (AvgIpc) is 2.90. The second-order valence-corrected chi connectivity index (χ2v) is 10.4. The normalized spacial score (nSPS) is 12.5. The summed E-state index contributed by atoms with van der Waals surface area (Å²) in [6.07, 6.45) is -3.04. The monoisotopic (exact) mass is 529 g/mol. The quantitative estimate of drug-likeness (QED) is 0.221. The highest BCUT2D eigenvalue weighted by Crippen LogP contribution is 2.32. The van der Waals surface area contributed by atoms with Crippen molar-refractivity contribution < 1.29 is 17.9 Å². The predicted octanol–water partition coefficient (Wildman–Crippen LogP) is 7.54. The fraction of sp³-hybridized carbons (Fsp3) is 0.194. The number of rotatable bonds is 5. The summed E-state index contributed by atoms with van der Waals surface area (Å²) in [7, 11) is 0. The minimum atomic E-state index is -4.55. The molecule has 5 aromatic rings. The Labute approximate surface area is 223 Å². The van der Waals surface area contributed by atoms with Gasteiger partial charge in [0.05, 0.1) is 29.3 Å². The summed E-state index contributed by atoms with van der Waals surface area (Å²) in [5, 5.41) is 6.61. The van der Waals surface area contributed by atoms with Gasteiger partial charge in [0, 0.05) is 11.1 Å². The Kier molecular flexibility index (Phi) is 6.72. The summed E-state index contributed by atoms with van der Waals surface area (Å²) in [6.45, 7) is 6.62. The standard InChI is InChI=1S/C31H26F3N3O2/c1-30(2,3)19-39-27-16-15-20-9-4-5-12-23(20)25(27)18-35-37-28(21-10-8-11-22(17-21)31(32,33)34)36-26-14-7-6-13-24(26)29(37)38/h4-18H,19H2,1-3H3. The van der Waals surface area contributed by atoms with Crippen molar-refractivity contribution in [3.8, 4) is 17.1 Å². The Morgan fingerprint density at radius 2 is 1.62 bits per heavy atom. The summed E-state index contributed by atoms with van der Waals surface area (Å²) < 4.78 is 47.7. The topological polar surface area (TPSA) is 56.5 Å². The third kappa shape index (κ3) is 5.55. The number of para-hydroxylation sites is 1. The van der Waals surface area contributed by atoms with Gasteiger partial charge in [-0.25, -0.2) is 4.98 Å². The van der Waals surface area contributed by atoms with Gasteiger partial charge >= 0.3 is 6.18 Å². The molecule has 8 heteroatoms. The first-order chi connectivity index (χ1) is 18.5. The lowest BCUT2D eigenvalue weighted by Gasteiger charge is -2.20. The molecule has 5 rings (SSSR count). The van der Waals surface area contributed by atoms with Crippen LogP contribution in [0.4, 0.5) is 13.2 Å². The van der Waals surface area contributed by atoms with Crippen LogP contribution in [-0.4, -0.2) is 22.5 Å². The first kappa shape index (κ1) is 26.2. The highest BCUT2D eigenvalue weighted by atomic mass is 19.4. The minimum Gasteiger partial charge on any atom is -0.492 e. The first-order valence-corrected chi connectivity index (χ1v) is 12.4. The third-order valence-corrected chi connectivity index (χ3v) is 6.10. The SMILES string of the molecule is CC(C)(C)COc1ccc2ccccc2c1C=Nn1c(-c2cccc(C(F)(F)F)c2)nc2ccccc2c1=O. The lowest BCUT2D eigenvalue weighted by molar-refractivity contribution is -0.137. The van der Waals surface area contributed by atoms with Gasteiger partial charge in [0.2, 0.25) is 0 Å². The molecule has 0 aliphatic rings. The highest BCUT2D eigenvalue weighted by Gasteiger charge is 2.31. The van der Waals surface area contributed by atoms with Gasteiger partial charge in [0.15, 0.2) is 5.82 Å². The second kappa shape index (κ2) is 10.0. The van der Waals surface area contributed by atoms with Crippen LogP contribution in [0.3, 0.4) is 0 Å². The van der Waals surface area contributed by atoms with E-state index in [0.29, 0.717) is 28.8 Å². The Balaban J connectivity index is 1.72. The van der Waals surface area contributed by atoms with Crippen LogP contribution in [0.5, 0.6) is 5.75 Å². The zero-order chi connectivity index (χ0) is 27.8. The van der Waals surface area contributed by atoms with Gasteiger partial charge < -0.3 is 4.74 Å². The molecule has 0 fully saturated rings. The number of alkyl halides is 3. The molecule has 0 atom stereocenters. The maximum atomic E-state index is 13.6. The van der Waals surface area contributed by atoms with Crippen molar-refractivity contribution in [2.75, 3.05) is 6.61 Å². The Bertz CT molecular complexity index is 1770. The molecule has 0 unspecified atom stereocenters. The van der Waals surface area contributed by atoms with Crippen molar-refractivity contribution in [2.45, 2.75) is 26.9 Å². The van der Waals surface area contributed by atoms with Crippen molar-refractivity contribution in [2.24, 2.45) is 10.5 Å². The van der Waals surface area contributed by atoms with Gasteiger partial charge in [-0.2, -0.15) is 22.9 Å². The van der Waals surface area contributed by atoms with E-state index in [4.69, 9.17) is 4.74 Å². The number of halogens is 3. The van der Waals surface area contributed by atoms with Gasteiger partial charge in [0.1, 0.15) is 5.75 Å². The number of benzene rings is 4. The molecular weight excluding hydrogens is 503 g/mol. The van der Waals surface area contributed by atoms with Gasteiger partial charge in [-0.1, -0.05) is 75.4 Å². The molecule has 39 heavy (non-hydrogen) atoms. The highest BCUT2D eigenvalue weighted by molar-refractivity contribution is 6.02. The molecule has 5 nitrogen and oxygen atoms in total. The first-order valence-electron chi connectivity index (χ1n) is 12.4. The molecule has 198 valence electrons. The molecule has 0 spiro atoms. The van der Waals surface area contributed by atoms with Crippen LogP contribution in [0.25, 0.3) is 33.1 Å². The maximum Gasteiger partial charge on any atom is 0.416 e. The van der Waals surface area contributed by atoms with Crippen molar-refractivity contribution in [1.82, 2.24) is 9.66 Å². The number of hydrogen-bond acceptors (Lipinski definition) is 4. The minimum absolute atomic E-state index is 0.00144. The number of fused-ring (bicyclic) bond motifs is 2. The summed E-state index contributed by atoms with van der Waals surface area (Å²) in [6, 6.07) is 22.9. The van der Waals surface area contributed by atoms with E-state index in [1.807, 2.05) is 36.4 Å². The van der Waals surface area contributed by atoms with E-state index in [2.05, 4.69) is 30.9 Å². The lowest BCUT2D eigenvalue weighted by Crippen LogP contribution is -2.21. The summed E-state index contributed by atoms with van der Waals surface area (Å²) in [5.74, 6) is 0.577. The molecule has 0 aliphatic carbocycles. The van der Waals surface area contributed by atoms with E-state index in [-0.39, 0.29) is 16.8 Å². The molecule has 0 saturated carbocycles. The number of ether oxygens (including phenoxy) is 1. The smallest absolute Gasteiger partial charge is 0.416 e. The van der Waals surface area contributed by atoms with Crippen LogP contribution in [0.1, 0.15) is 31.9 Å². The molecule has 4 aromatic carbocycles. The number of hydrogen-bond donors (Lipinski definition) is 0. The van der Waals surface area contributed by atoms with Crippen LogP contribution in [-0.2, 0) is 6.18 Å². The van der Waals surface area contributed by atoms with Gasteiger partial charge in [-0.3, -0.25) is 4.79 Å². The van der Waals surface area contributed by atoms with Crippen molar-refractivity contribution in [1.29, 1.82) is 0 Å². The number of aromatic nitrogens is 2. The molecule has 0 aliphatic heterocycles. The fourth-order valence-corrected chi connectivity index (χ4v) is 4.20. The molecule has 1 aromatic heterocycles. The third-order valence-electron chi connectivity index (χ3n) is 6.10. The van der Waals surface area contributed by atoms with Crippen molar-refractivity contribution in [3.63, 3.8) is 0 Å². The van der Waals surface area contributed by atoms with Gasteiger partial charge in [-0.05, 0) is 46.5 Å². The van der Waals surface area contributed by atoms with E-state index in [1.54, 1.807) is 24.3 Å². The van der Waals surface area contributed by atoms with E-state index >= 15 is 0 Å². The second-order valence-electron chi connectivity index (χ2n) is 10.4. The zero-order valence-electron chi connectivity index (χ0n) is 21.7. The predicted molar refractivity (Wildman–Crippen MR) is 148 cm³/mol. The summed E-state index contributed by atoms with van der Waals surface area (Å²) in [5.41, 5.74) is -0.317. The molecule has 0 N–H and O–H groups in total. The zero-order valence-corrected chi connectivity index (χ0v) is 21.7. The Morgan fingerprint density at radius 3 is 2.36 bits per heavy atom. The van der Waals surface area contributed by atoms with Crippen LogP contribution in [0.15, 0.2) is 94.8 Å². The molecule has 0 saturated heterocycles. The van der Waals surface area contributed by atoms with Crippen molar-refractivity contribution >= 4 is 27.9 Å². The van der Waals surface area contributed by atoms with E-state index in [1.165, 1.54) is 18.3 Å².